The summed E-state index contributed by atoms with van der Waals surface area (Å²) in [5.74, 6) is 0. The summed E-state index contributed by atoms with van der Waals surface area (Å²) in [7, 11) is 0. The minimum absolute atomic E-state index is 0.532. The Labute approximate surface area is 88.7 Å². The van der Waals surface area contributed by atoms with E-state index in [-0.39, 0.29) is 0 Å². The molecule has 0 heterocycles. The molecule has 0 spiro atoms. The van der Waals surface area contributed by atoms with Crippen molar-refractivity contribution in [1.29, 1.82) is 0 Å². The van der Waals surface area contributed by atoms with Gasteiger partial charge in [0, 0.05) is 6.61 Å². The Morgan fingerprint density at radius 3 is 2.21 bits per heavy atom. The van der Waals surface area contributed by atoms with Gasteiger partial charge in [-0.15, -0.1) is 0 Å². The van der Waals surface area contributed by atoms with Crippen molar-refractivity contribution in [2.24, 2.45) is 0 Å². The molecule has 0 saturated carbocycles. The Morgan fingerprint density at radius 1 is 0.929 bits per heavy atom. The minimum Gasteiger partial charge on any atom is -0.368 e. The number of hydrogen-bond acceptors (Lipinski definition) is 2. The molecule has 1 atom stereocenters. The highest BCUT2D eigenvalue weighted by Crippen LogP contribution is 2.06. The molecule has 0 aliphatic heterocycles. The van der Waals surface area contributed by atoms with Gasteiger partial charge in [0.15, 0.2) is 6.29 Å². The van der Waals surface area contributed by atoms with Gasteiger partial charge in [-0.05, 0) is 12.8 Å². The van der Waals surface area contributed by atoms with Gasteiger partial charge in [0.25, 0.3) is 0 Å². The SMILES string of the molecule is CCCCCCCCOC(O)CCC. The van der Waals surface area contributed by atoms with E-state index < -0.39 is 6.29 Å². The van der Waals surface area contributed by atoms with Crippen molar-refractivity contribution in [3.63, 3.8) is 0 Å². The summed E-state index contributed by atoms with van der Waals surface area (Å²) in [6, 6.07) is 0. The van der Waals surface area contributed by atoms with E-state index in [1.807, 2.05) is 0 Å². The van der Waals surface area contributed by atoms with Crippen LogP contribution in [0.4, 0.5) is 0 Å². The fourth-order valence-corrected chi connectivity index (χ4v) is 1.43. The molecule has 0 fully saturated rings. The number of unbranched alkanes of at least 4 members (excludes halogenated alkanes) is 5. The lowest BCUT2D eigenvalue weighted by molar-refractivity contribution is -0.104. The number of rotatable bonds is 10. The van der Waals surface area contributed by atoms with Crippen LogP contribution in [0.3, 0.4) is 0 Å². The zero-order valence-electron chi connectivity index (χ0n) is 9.80. The average Bonchev–Trinajstić information content (AvgIpc) is 2.17. The molecule has 0 radical (unpaired) electrons. The topological polar surface area (TPSA) is 29.5 Å². The molecule has 0 aliphatic rings. The molecule has 1 unspecified atom stereocenters. The van der Waals surface area contributed by atoms with E-state index in [4.69, 9.17) is 4.74 Å². The standard InChI is InChI=1S/C12H26O2/c1-3-5-6-7-8-9-11-14-12(13)10-4-2/h12-13H,3-11H2,1-2H3. The molecule has 86 valence electrons. The first-order chi connectivity index (χ1) is 6.81. The summed E-state index contributed by atoms with van der Waals surface area (Å²) in [4.78, 5) is 0. The second kappa shape index (κ2) is 11.0. The normalized spacial score (nSPS) is 13.1. The van der Waals surface area contributed by atoms with Crippen LogP contribution in [0.2, 0.25) is 0 Å². The molecule has 0 aromatic rings. The third kappa shape index (κ3) is 10.0. The van der Waals surface area contributed by atoms with Gasteiger partial charge in [0.05, 0.1) is 0 Å². The maximum atomic E-state index is 9.27. The fraction of sp³-hybridized carbons (Fsp3) is 1.00. The van der Waals surface area contributed by atoms with Crippen LogP contribution in [0.25, 0.3) is 0 Å². The van der Waals surface area contributed by atoms with Crippen LogP contribution in [-0.4, -0.2) is 18.0 Å². The van der Waals surface area contributed by atoms with Gasteiger partial charge in [0.1, 0.15) is 0 Å². The number of aliphatic hydroxyl groups is 1. The van der Waals surface area contributed by atoms with E-state index in [9.17, 15) is 5.11 Å². The van der Waals surface area contributed by atoms with E-state index in [2.05, 4.69) is 13.8 Å². The van der Waals surface area contributed by atoms with E-state index in [1.165, 1.54) is 32.1 Å². The third-order valence-electron chi connectivity index (χ3n) is 2.34. The van der Waals surface area contributed by atoms with Crippen molar-refractivity contribution in [3.8, 4) is 0 Å². The largest absolute Gasteiger partial charge is 0.368 e. The molecule has 14 heavy (non-hydrogen) atoms. The summed E-state index contributed by atoms with van der Waals surface area (Å²) < 4.78 is 5.24. The van der Waals surface area contributed by atoms with Crippen LogP contribution in [0, 0.1) is 0 Å². The van der Waals surface area contributed by atoms with Crippen LogP contribution >= 0.6 is 0 Å². The molecule has 0 aromatic carbocycles. The lowest BCUT2D eigenvalue weighted by Gasteiger charge is -2.10. The first-order valence-corrected chi connectivity index (χ1v) is 6.11. The van der Waals surface area contributed by atoms with Gasteiger partial charge >= 0.3 is 0 Å². The van der Waals surface area contributed by atoms with Crippen LogP contribution in [0.15, 0.2) is 0 Å². The monoisotopic (exact) mass is 202 g/mol. The van der Waals surface area contributed by atoms with Crippen molar-refractivity contribution in [3.05, 3.63) is 0 Å². The van der Waals surface area contributed by atoms with E-state index in [1.54, 1.807) is 0 Å². The first kappa shape index (κ1) is 13.9. The second-order valence-electron chi connectivity index (χ2n) is 3.88. The molecular weight excluding hydrogens is 176 g/mol. The third-order valence-corrected chi connectivity index (χ3v) is 2.34. The van der Waals surface area contributed by atoms with Gasteiger partial charge in [-0.25, -0.2) is 0 Å². The molecule has 0 aliphatic carbocycles. The quantitative estimate of drug-likeness (QED) is 0.434. The Hall–Kier alpha value is -0.0800. The van der Waals surface area contributed by atoms with Crippen molar-refractivity contribution in [1.82, 2.24) is 0 Å². The maximum absolute atomic E-state index is 9.27. The van der Waals surface area contributed by atoms with E-state index in [0.29, 0.717) is 6.61 Å². The highest BCUT2D eigenvalue weighted by molar-refractivity contribution is 4.45. The first-order valence-electron chi connectivity index (χ1n) is 6.11. The smallest absolute Gasteiger partial charge is 0.154 e. The van der Waals surface area contributed by atoms with Crippen LogP contribution in [0.1, 0.15) is 65.2 Å². The van der Waals surface area contributed by atoms with Gasteiger partial charge in [-0.1, -0.05) is 52.4 Å². The Morgan fingerprint density at radius 2 is 1.57 bits per heavy atom. The van der Waals surface area contributed by atoms with Crippen LogP contribution < -0.4 is 0 Å². The maximum Gasteiger partial charge on any atom is 0.154 e. The highest BCUT2D eigenvalue weighted by Gasteiger charge is 2.00. The van der Waals surface area contributed by atoms with Gasteiger partial charge in [-0.2, -0.15) is 0 Å². The molecule has 2 heteroatoms. The number of aliphatic hydroxyl groups excluding tert-OH is 1. The number of hydrogen-bond donors (Lipinski definition) is 1. The molecule has 0 bridgehead atoms. The summed E-state index contributed by atoms with van der Waals surface area (Å²) in [5.41, 5.74) is 0. The summed E-state index contributed by atoms with van der Waals surface area (Å²) in [5, 5.41) is 9.27. The second-order valence-corrected chi connectivity index (χ2v) is 3.88. The van der Waals surface area contributed by atoms with Gasteiger partial charge in [-0.3, -0.25) is 0 Å². The Kier molecular flexibility index (Phi) is 10.9. The van der Waals surface area contributed by atoms with E-state index in [0.717, 1.165) is 19.3 Å². The molecular formula is C12H26O2. The summed E-state index contributed by atoms with van der Waals surface area (Å²) in [6.45, 7) is 4.99. The zero-order valence-corrected chi connectivity index (χ0v) is 9.80. The molecule has 0 rings (SSSR count). The van der Waals surface area contributed by atoms with Crippen molar-refractivity contribution in [2.75, 3.05) is 6.61 Å². The minimum atomic E-state index is -0.532. The molecule has 2 nitrogen and oxygen atoms in total. The zero-order chi connectivity index (χ0) is 10.6. The fourth-order valence-electron chi connectivity index (χ4n) is 1.43. The predicted molar refractivity (Wildman–Crippen MR) is 60.2 cm³/mol. The highest BCUT2D eigenvalue weighted by atomic mass is 16.6. The lowest BCUT2D eigenvalue weighted by atomic mass is 10.1. The summed E-state index contributed by atoms with van der Waals surface area (Å²) in [6.07, 6.45) is 8.83. The summed E-state index contributed by atoms with van der Waals surface area (Å²) >= 11 is 0. The Balaban J connectivity index is 2.98. The molecule has 0 amide bonds. The molecule has 0 saturated heterocycles. The van der Waals surface area contributed by atoms with E-state index >= 15 is 0 Å². The molecule has 1 N–H and O–H groups in total. The van der Waals surface area contributed by atoms with Crippen molar-refractivity contribution >= 4 is 0 Å². The lowest BCUT2D eigenvalue weighted by Crippen LogP contribution is -2.12. The predicted octanol–water partition coefficient (Wildman–Crippen LogP) is 3.48. The molecule has 0 aromatic heterocycles. The number of ether oxygens (including phenoxy) is 1. The van der Waals surface area contributed by atoms with Gasteiger partial charge in [0.2, 0.25) is 0 Å². The van der Waals surface area contributed by atoms with Crippen molar-refractivity contribution in [2.45, 2.75) is 71.5 Å². The van der Waals surface area contributed by atoms with Crippen molar-refractivity contribution < 1.29 is 9.84 Å². The van der Waals surface area contributed by atoms with Crippen LogP contribution in [-0.2, 0) is 4.74 Å². The Bertz CT molecular complexity index is 104. The van der Waals surface area contributed by atoms with Gasteiger partial charge < -0.3 is 9.84 Å². The van der Waals surface area contributed by atoms with Crippen LogP contribution in [0.5, 0.6) is 0 Å². The average molecular weight is 202 g/mol.